The highest BCUT2D eigenvalue weighted by Crippen LogP contribution is 2.29. The highest BCUT2D eigenvalue weighted by atomic mass is 32.1. The quantitative estimate of drug-likeness (QED) is 0.608. The summed E-state index contributed by atoms with van der Waals surface area (Å²) in [6.45, 7) is 4.56. The van der Waals surface area contributed by atoms with E-state index in [1.54, 1.807) is 11.3 Å². The lowest BCUT2D eigenvalue weighted by molar-refractivity contribution is -0.126. The number of hydrogen-bond acceptors (Lipinski definition) is 4. The van der Waals surface area contributed by atoms with Gasteiger partial charge in [-0.2, -0.15) is 5.10 Å². The Labute approximate surface area is 186 Å². The van der Waals surface area contributed by atoms with E-state index >= 15 is 0 Å². The number of rotatable bonds is 7. The number of hydrogen-bond donors (Lipinski definition) is 1. The van der Waals surface area contributed by atoms with Crippen LogP contribution in [0.15, 0.2) is 54.0 Å². The molecule has 1 N–H and O–H groups in total. The molecule has 1 aromatic carbocycles. The van der Waals surface area contributed by atoms with Crippen molar-refractivity contribution in [3.05, 3.63) is 65.2 Å². The molecule has 0 bridgehead atoms. The van der Waals surface area contributed by atoms with Gasteiger partial charge in [0, 0.05) is 31.7 Å². The summed E-state index contributed by atoms with van der Waals surface area (Å²) in [5, 5.41) is 9.73. The van der Waals surface area contributed by atoms with E-state index < -0.39 is 0 Å². The van der Waals surface area contributed by atoms with E-state index in [4.69, 9.17) is 5.10 Å². The molecule has 2 amide bonds. The molecule has 162 valence electrons. The zero-order valence-electron chi connectivity index (χ0n) is 17.8. The number of carbonyl (C=O) groups is 2. The predicted molar refractivity (Wildman–Crippen MR) is 123 cm³/mol. The molecule has 0 spiro atoms. The number of likely N-dealkylation sites (tertiary alicyclic amines) is 1. The van der Waals surface area contributed by atoms with Gasteiger partial charge in [-0.3, -0.25) is 14.3 Å². The normalized spacial score (nSPS) is 14.5. The van der Waals surface area contributed by atoms with Crippen LogP contribution in [-0.4, -0.2) is 46.1 Å². The highest BCUT2D eigenvalue weighted by Gasteiger charge is 2.30. The molecule has 3 aromatic rings. The third kappa shape index (κ3) is 5.05. The Morgan fingerprint density at radius 3 is 2.58 bits per heavy atom. The minimum Gasteiger partial charge on any atom is -0.356 e. The zero-order valence-corrected chi connectivity index (χ0v) is 18.6. The van der Waals surface area contributed by atoms with E-state index in [2.05, 4.69) is 17.4 Å². The van der Waals surface area contributed by atoms with Gasteiger partial charge in [0.1, 0.15) is 5.69 Å². The fourth-order valence-corrected chi connectivity index (χ4v) is 4.66. The second-order valence-electron chi connectivity index (χ2n) is 7.91. The largest absolute Gasteiger partial charge is 0.356 e. The van der Waals surface area contributed by atoms with Gasteiger partial charge in [-0.05, 0) is 36.3 Å². The van der Waals surface area contributed by atoms with Crippen LogP contribution in [0.1, 0.15) is 42.1 Å². The fourth-order valence-electron chi connectivity index (χ4n) is 3.93. The predicted octanol–water partition coefficient (Wildman–Crippen LogP) is 4.04. The Hall–Kier alpha value is -2.93. The van der Waals surface area contributed by atoms with Crippen molar-refractivity contribution >= 4 is 23.2 Å². The van der Waals surface area contributed by atoms with Crippen molar-refractivity contribution in [2.24, 2.45) is 5.92 Å². The molecule has 1 fully saturated rings. The van der Waals surface area contributed by atoms with Gasteiger partial charge in [0.05, 0.1) is 17.0 Å². The average Bonchev–Trinajstić information content (AvgIpc) is 3.48. The van der Waals surface area contributed by atoms with Crippen LogP contribution in [0.4, 0.5) is 0 Å². The lowest BCUT2D eigenvalue weighted by Gasteiger charge is -2.31. The lowest BCUT2D eigenvalue weighted by atomic mass is 9.95. The maximum Gasteiger partial charge on any atom is 0.257 e. The van der Waals surface area contributed by atoms with Gasteiger partial charge >= 0.3 is 0 Å². The molecule has 4 rings (SSSR count). The summed E-state index contributed by atoms with van der Waals surface area (Å²) in [5.74, 6) is 0.104. The summed E-state index contributed by atoms with van der Waals surface area (Å²) in [5.41, 5.74) is 2.51. The SMILES string of the molecule is CCCNC(=O)C1CCN(C(=O)c2cn(Cc3ccccc3)nc2-c2cccs2)CC1. The van der Waals surface area contributed by atoms with Gasteiger partial charge in [0.15, 0.2) is 0 Å². The Balaban J connectivity index is 1.50. The molecular weight excluding hydrogens is 408 g/mol. The molecule has 0 atom stereocenters. The Bertz CT molecular complexity index is 1010. The van der Waals surface area contributed by atoms with Crippen molar-refractivity contribution in [1.29, 1.82) is 0 Å². The second kappa shape index (κ2) is 9.92. The number of thiophene rings is 1. The molecule has 7 heteroatoms. The summed E-state index contributed by atoms with van der Waals surface area (Å²) < 4.78 is 1.85. The van der Waals surface area contributed by atoms with E-state index in [0.717, 1.165) is 22.6 Å². The van der Waals surface area contributed by atoms with Crippen LogP contribution in [0.2, 0.25) is 0 Å². The topological polar surface area (TPSA) is 67.2 Å². The summed E-state index contributed by atoms with van der Waals surface area (Å²) in [6, 6.07) is 14.1. The maximum atomic E-state index is 13.4. The van der Waals surface area contributed by atoms with E-state index in [9.17, 15) is 9.59 Å². The van der Waals surface area contributed by atoms with Crippen LogP contribution in [-0.2, 0) is 11.3 Å². The molecule has 1 aliphatic heterocycles. The summed E-state index contributed by atoms with van der Waals surface area (Å²) in [7, 11) is 0. The number of carbonyl (C=O) groups excluding carboxylic acids is 2. The van der Waals surface area contributed by atoms with Gasteiger partial charge < -0.3 is 10.2 Å². The molecule has 0 saturated carbocycles. The Morgan fingerprint density at radius 2 is 1.90 bits per heavy atom. The first-order valence-electron chi connectivity index (χ1n) is 10.9. The molecule has 0 aliphatic carbocycles. The zero-order chi connectivity index (χ0) is 21.6. The van der Waals surface area contributed by atoms with Crippen LogP contribution >= 0.6 is 11.3 Å². The average molecular weight is 437 g/mol. The standard InChI is InChI=1S/C24H28N4O2S/c1-2-12-25-23(29)19-10-13-27(14-11-19)24(30)20-17-28(16-18-7-4-3-5-8-18)26-22(20)21-9-6-15-31-21/h3-9,15,17,19H,2,10-14,16H2,1H3,(H,25,29). The minimum atomic E-state index is -0.00632. The first kappa shape index (κ1) is 21.3. The number of benzene rings is 1. The Morgan fingerprint density at radius 1 is 1.13 bits per heavy atom. The summed E-state index contributed by atoms with van der Waals surface area (Å²) >= 11 is 1.59. The monoisotopic (exact) mass is 436 g/mol. The molecule has 0 radical (unpaired) electrons. The van der Waals surface area contributed by atoms with Gasteiger partial charge in [-0.25, -0.2) is 0 Å². The van der Waals surface area contributed by atoms with Gasteiger partial charge in [-0.15, -0.1) is 11.3 Å². The molecule has 3 heterocycles. The maximum absolute atomic E-state index is 13.4. The lowest BCUT2D eigenvalue weighted by Crippen LogP contribution is -2.43. The second-order valence-corrected chi connectivity index (χ2v) is 8.86. The van der Waals surface area contributed by atoms with Crippen LogP contribution in [0.5, 0.6) is 0 Å². The summed E-state index contributed by atoms with van der Waals surface area (Å²) in [6.07, 6.45) is 4.20. The molecular formula is C24H28N4O2S. The molecule has 2 aromatic heterocycles. The smallest absolute Gasteiger partial charge is 0.257 e. The van der Waals surface area contributed by atoms with Crippen LogP contribution < -0.4 is 5.32 Å². The Kier molecular flexibility index (Phi) is 6.82. The van der Waals surface area contributed by atoms with Crippen molar-refractivity contribution in [3.8, 4) is 10.6 Å². The van der Waals surface area contributed by atoms with Crippen LogP contribution in [0, 0.1) is 5.92 Å². The number of amides is 2. The van der Waals surface area contributed by atoms with Crippen molar-refractivity contribution in [1.82, 2.24) is 20.0 Å². The molecule has 31 heavy (non-hydrogen) atoms. The van der Waals surface area contributed by atoms with Crippen LogP contribution in [0.25, 0.3) is 10.6 Å². The van der Waals surface area contributed by atoms with E-state index in [-0.39, 0.29) is 17.7 Å². The molecule has 0 unspecified atom stereocenters. The number of aromatic nitrogens is 2. The van der Waals surface area contributed by atoms with Crippen molar-refractivity contribution in [3.63, 3.8) is 0 Å². The third-order valence-electron chi connectivity index (χ3n) is 5.64. The van der Waals surface area contributed by atoms with E-state index in [1.165, 1.54) is 0 Å². The van der Waals surface area contributed by atoms with Crippen LogP contribution in [0.3, 0.4) is 0 Å². The van der Waals surface area contributed by atoms with Crippen molar-refractivity contribution in [2.45, 2.75) is 32.7 Å². The van der Waals surface area contributed by atoms with E-state index in [1.807, 2.05) is 58.4 Å². The minimum absolute atomic E-state index is 0.00451. The number of piperidine rings is 1. The number of nitrogens with zero attached hydrogens (tertiary/aromatic N) is 3. The summed E-state index contributed by atoms with van der Waals surface area (Å²) in [4.78, 5) is 28.5. The first-order chi connectivity index (χ1) is 15.2. The van der Waals surface area contributed by atoms with Gasteiger partial charge in [-0.1, -0.05) is 43.3 Å². The first-order valence-corrected chi connectivity index (χ1v) is 11.8. The van der Waals surface area contributed by atoms with Gasteiger partial charge in [0.25, 0.3) is 5.91 Å². The van der Waals surface area contributed by atoms with E-state index in [0.29, 0.717) is 44.6 Å². The van der Waals surface area contributed by atoms with Gasteiger partial charge in [0.2, 0.25) is 5.91 Å². The molecule has 6 nitrogen and oxygen atoms in total. The molecule has 1 saturated heterocycles. The van der Waals surface area contributed by atoms with Crippen molar-refractivity contribution < 1.29 is 9.59 Å². The number of nitrogens with one attached hydrogen (secondary N) is 1. The fraction of sp³-hybridized carbons (Fsp3) is 0.375. The highest BCUT2D eigenvalue weighted by molar-refractivity contribution is 7.13. The molecule has 1 aliphatic rings. The third-order valence-corrected chi connectivity index (χ3v) is 6.51. The van der Waals surface area contributed by atoms with Crippen molar-refractivity contribution in [2.75, 3.05) is 19.6 Å².